The summed E-state index contributed by atoms with van der Waals surface area (Å²) in [5.74, 6) is 1.06. The Morgan fingerprint density at radius 1 is 1.03 bits per heavy atom. The van der Waals surface area contributed by atoms with E-state index in [1.54, 1.807) is 27.9 Å². The molecule has 0 fully saturated rings. The number of rotatable bonds is 7. The fourth-order valence-corrected chi connectivity index (χ4v) is 5.00. The number of anilines is 1. The van der Waals surface area contributed by atoms with Gasteiger partial charge in [0.15, 0.2) is 0 Å². The van der Waals surface area contributed by atoms with Crippen LogP contribution in [-0.2, 0) is 17.8 Å². The lowest BCUT2D eigenvalue weighted by atomic mass is 9.84. The lowest BCUT2D eigenvalue weighted by molar-refractivity contribution is -0.136. The molecule has 6 heteroatoms. The molecule has 198 valence electrons. The van der Waals surface area contributed by atoms with Gasteiger partial charge in [-0.1, -0.05) is 35.9 Å². The van der Waals surface area contributed by atoms with Gasteiger partial charge in [0.25, 0.3) is 0 Å². The molecule has 0 radical (unpaired) electrons. The molecule has 5 nitrogen and oxygen atoms in total. The van der Waals surface area contributed by atoms with E-state index in [2.05, 4.69) is 67.5 Å². The van der Waals surface area contributed by atoms with Crippen molar-refractivity contribution in [2.24, 2.45) is 0 Å². The van der Waals surface area contributed by atoms with Crippen LogP contribution in [0, 0.1) is 13.8 Å². The summed E-state index contributed by atoms with van der Waals surface area (Å²) in [5.41, 5.74) is 9.43. The van der Waals surface area contributed by atoms with E-state index in [4.69, 9.17) is 9.84 Å². The lowest BCUT2D eigenvalue weighted by Crippen LogP contribution is -2.30. The van der Waals surface area contributed by atoms with Crippen LogP contribution in [0.15, 0.2) is 48.5 Å². The molecule has 3 aromatic carbocycles. The first-order chi connectivity index (χ1) is 17.4. The molecule has 3 aromatic rings. The van der Waals surface area contributed by atoms with Gasteiger partial charge in [0.2, 0.25) is 0 Å². The molecule has 1 aliphatic rings. The number of aliphatic hydroxyl groups is 1. The topological polar surface area (TPSA) is 70.0 Å². The molecule has 0 bridgehead atoms. The summed E-state index contributed by atoms with van der Waals surface area (Å²) in [7, 11) is 1.70. The number of methoxy groups -OCH3 is 1. The molecule has 0 saturated carbocycles. The molecule has 0 aromatic heterocycles. The van der Waals surface area contributed by atoms with Gasteiger partial charge in [-0.2, -0.15) is 11.8 Å². The largest absolute Gasteiger partial charge is 0.497 e. The van der Waals surface area contributed by atoms with Gasteiger partial charge in [0, 0.05) is 30.1 Å². The summed E-state index contributed by atoms with van der Waals surface area (Å²) in [5, 5.41) is 18.2. The number of carboxylic acids is 1. The van der Waals surface area contributed by atoms with Gasteiger partial charge in [-0.3, -0.25) is 4.79 Å². The zero-order valence-electron chi connectivity index (χ0n) is 23.0. The van der Waals surface area contributed by atoms with Crippen LogP contribution >= 0.6 is 11.8 Å². The number of carboxylic acid groups (broad SMARTS) is 1. The SMILES string of the molecule is CC(C)(C)O.COc1ccc2c(c1)CN(CCSC)c1c-2cc(-c2ccc(C)cc2)c(CC(=O)O)c1C. The standard InChI is InChI=1S/C27H29NO3S.C4H10O/c1-17-5-7-19(8-6-17)24-14-25-22-10-9-21(31-3)13-20(22)16-28(11-12-32-4)27(25)18(2)23(24)15-26(29)30;1-4(2,3)5/h5-10,13-14H,11-12,15-16H2,1-4H3,(H,29,30);5H,1-3H3. The van der Waals surface area contributed by atoms with Gasteiger partial charge in [0.05, 0.1) is 19.1 Å². The fraction of sp³-hybridized carbons (Fsp3) is 0.387. The van der Waals surface area contributed by atoms with Gasteiger partial charge in [-0.05, 0) is 92.5 Å². The smallest absolute Gasteiger partial charge is 0.307 e. The maximum absolute atomic E-state index is 11.8. The number of carbonyl (C=O) groups is 1. The van der Waals surface area contributed by atoms with E-state index in [-0.39, 0.29) is 6.42 Å². The Kier molecular flexibility index (Phi) is 9.32. The molecule has 1 aliphatic heterocycles. The first kappa shape index (κ1) is 28.6. The number of ether oxygens (including phenoxy) is 1. The number of benzene rings is 3. The van der Waals surface area contributed by atoms with Gasteiger partial charge in [0.1, 0.15) is 5.75 Å². The summed E-state index contributed by atoms with van der Waals surface area (Å²) in [6, 6.07) is 16.8. The minimum absolute atomic E-state index is 0.00810. The van der Waals surface area contributed by atoms with Gasteiger partial charge in [-0.15, -0.1) is 0 Å². The van der Waals surface area contributed by atoms with Crippen molar-refractivity contribution in [3.8, 4) is 28.0 Å². The number of hydrogen-bond acceptors (Lipinski definition) is 5. The Balaban J connectivity index is 0.000000695. The molecule has 0 saturated heterocycles. The predicted molar refractivity (Wildman–Crippen MR) is 156 cm³/mol. The zero-order valence-corrected chi connectivity index (χ0v) is 23.8. The minimum atomic E-state index is -0.807. The van der Waals surface area contributed by atoms with Crippen LogP contribution in [0.5, 0.6) is 5.75 Å². The van der Waals surface area contributed by atoms with Crippen molar-refractivity contribution in [1.29, 1.82) is 0 Å². The third kappa shape index (κ3) is 7.30. The average Bonchev–Trinajstić information content (AvgIpc) is 2.82. The second-order valence-electron chi connectivity index (χ2n) is 10.5. The molecule has 37 heavy (non-hydrogen) atoms. The highest BCUT2D eigenvalue weighted by molar-refractivity contribution is 7.98. The highest BCUT2D eigenvalue weighted by atomic mass is 32.2. The number of nitrogens with zero attached hydrogens (tertiary/aromatic N) is 1. The maximum Gasteiger partial charge on any atom is 0.307 e. The van der Waals surface area contributed by atoms with Crippen molar-refractivity contribution >= 4 is 23.4 Å². The van der Waals surface area contributed by atoms with Crippen LogP contribution in [0.3, 0.4) is 0 Å². The summed E-state index contributed by atoms with van der Waals surface area (Å²) < 4.78 is 5.49. The number of aliphatic carboxylic acids is 1. The van der Waals surface area contributed by atoms with Crippen LogP contribution < -0.4 is 9.64 Å². The molecule has 1 heterocycles. The number of fused-ring (bicyclic) bond motifs is 3. The summed E-state index contributed by atoms with van der Waals surface area (Å²) >= 11 is 1.82. The average molecular weight is 522 g/mol. The quantitative estimate of drug-likeness (QED) is 0.359. The van der Waals surface area contributed by atoms with E-state index < -0.39 is 11.6 Å². The molecule has 2 N–H and O–H groups in total. The van der Waals surface area contributed by atoms with Crippen molar-refractivity contribution in [3.63, 3.8) is 0 Å². The van der Waals surface area contributed by atoms with E-state index in [9.17, 15) is 9.90 Å². The van der Waals surface area contributed by atoms with Crippen LogP contribution in [0.25, 0.3) is 22.3 Å². The fourth-order valence-electron chi connectivity index (χ4n) is 4.60. The Labute approximate surface area is 225 Å². The van der Waals surface area contributed by atoms with Crippen molar-refractivity contribution in [3.05, 3.63) is 70.8 Å². The molecule has 4 rings (SSSR count). The number of hydrogen-bond donors (Lipinski definition) is 2. The third-order valence-corrected chi connectivity index (χ3v) is 6.80. The molecule has 0 atom stereocenters. The highest BCUT2D eigenvalue weighted by Gasteiger charge is 2.28. The summed E-state index contributed by atoms with van der Waals surface area (Å²) in [6.07, 6.45) is 2.12. The Morgan fingerprint density at radius 2 is 1.68 bits per heavy atom. The second-order valence-corrected chi connectivity index (χ2v) is 11.5. The Hall–Kier alpha value is -2.96. The van der Waals surface area contributed by atoms with Crippen molar-refractivity contribution in [2.45, 2.75) is 53.2 Å². The van der Waals surface area contributed by atoms with E-state index in [1.807, 2.05) is 17.8 Å². The van der Waals surface area contributed by atoms with E-state index >= 15 is 0 Å². The Morgan fingerprint density at radius 3 is 2.24 bits per heavy atom. The molecule has 0 unspecified atom stereocenters. The molecular weight excluding hydrogens is 482 g/mol. The summed E-state index contributed by atoms with van der Waals surface area (Å²) in [6.45, 7) is 11.1. The van der Waals surface area contributed by atoms with Crippen molar-refractivity contribution in [1.82, 2.24) is 0 Å². The molecular formula is C31H39NO4S. The first-order valence-electron chi connectivity index (χ1n) is 12.5. The van der Waals surface area contributed by atoms with E-state index in [0.29, 0.717) is 0 Å². The number of aryl methyl sites for hydroxylation is 1. The Bertz CT molecular complexity index is 1240. The highest BCUT2D eigenvalue weighted by Crippen LogP contribution is 2.46. The molecule has 0 aliphatic carbocycles. The van der Waals surface area contributed by atoms with Crippen LogP contribution in [-0.4, -0.2) is 47.4 Å². The van der Waals surface area contributed by atoms with E-state index in [1.165, 1.54) is 16.7 Å². The van der Waals surface area contributed by atoms with Gasteiger partial charge in [-0.25, -0.2) is 0 Å². The lowest BCUT2D eigenvalue weighted by Gasteiger charge is -2.36. The van der Waals surface area contributed by atoms with E-state index in [0.717, 1.165) is 58.1 Å². The first-order valence-corrected chi connectivity index (χ1v) is 13.9. The van der Waals surface area contributed by atoms with Crippen molar-refractivity contribution in [2.75, 3.05) is 30.6 Å². The third-order valence-electron chi connectivity index (χ3n) is 6.21. The molecule has 0 spiro atoms. The number of thioether (sulfide) groups is 1. The predicted octanol–water partition coefficient (Wildman–Crippen LogP) is 6.73. The minimum Gasteiger partial charge on any atom is -0.497 e. The normalized spacial score (nSPS) is 12.3. The van der Waals surface area contributed by atoms with Crippen LogP contribution in [0.2, 0.25) is 0 Å². The zero-order chi connectivity index (χ0) is 27.3. The summed E-state index contributed by atoms with van der Waals surface area (Å²) in [4.78, 5) is 14.2. The second kappa shape index (κ2) is 12.1. The van der Waals surface area contributed by atoms with Gasteiger partial charge >= 0.3 is 5.97 Å². The van der Waals surface area contributed by atoms with Crippen LogP contribution in [0.4, 0.5) is 5.69 Å². The maximum atomic E-state index is 11.8. The van der Waals surface area contributed by atoms with Crippen LogP contribution in [0.1, 0.15) is 43.0 Å². The van der Waals surface area contributed by atoms with Crippen molar-refractivity contribution < 1.29 is 19.7 Å². The van der Waals surface area contributed by atoms with Gasteiger partial charge < -0.3 is 19.8 Å². The molecule has 0 amide bonds. The monoisotopic (exact) mass is 521 g/mol.